The summed E-state index contributed by atoms with van der Waals surface area (Å²) in [6.45, 7) is 24.7. The maximum atomic E-state index is 6.21. The third kappa shape index (κ3) is 9.34. The lowest BCUT2D eigenvalue weighted by molar-refractivity contribution is -0.171. The van der Waals surface area contributed by atoms with E-state index in [0.29, 0.717) is 50.2 Å². The molecule has 0 aliphatic carbocycles. The quantitative estimate of drug-likeness (QED) is 0.0848. The van der Waals surface area contributed by atoms with E-state index in [1.807, 2.05) is 27.7 Å². The Labute approximate surface area is 202 Å². The first-order valence-electron chi connectivity index (χ1n) is 12.7. The fraction of sp³-hybridized carbons (Fsp3) is 1.00. The van der Waals surface area contributed by atoms with Crippen LogP contribution in [-0.4, -0.2) is 60.9 Å². The van der Waals surface area contributed by atoms with Crippen molar-refractivity contribution in [2.45, 2.75) is 123 Å². The van der Waals surface area contributed by atoms with E-state index in [1.165, 1.54) is 0 Å². The van der Waals surface area contributed by atoms with Gasteiger partial charge < -0.3 is 23.8 Å². The smallest absolute Gasteiger partial charge is 0.183 e. The second-order valence-corrected chi connectivity index (χ2v) is 11.9. The van der Waals surface area contributed by atoms with E-state index in [0.717, 1.165) is 25.7 Å². The van der Waals surface area contributed by atoms with Crippen molar-refractivity contribution >= 4 is 17.2 Å². The van der Waals surface area contributed by atoms with Gasteiger partial charge in [0.15, 0.2) is 11.1 Å². The van der Waals surface area contributed by atoms with Gasteiger partial charge in [-0.05, 0) is 51.9 Å². The number of rotatable bonds is 21. The Morgan fingerprint density at radius 2 is 1.00 bits per heavy atom. The Balaban J connectivity index is 6.07. The molecule has 0 saturated heterocycles. The minimum Gasteiger partial charge on any atom is -0.347 e. The molecule has 0 bridgehead atoms. The van der Waals surface area contributed by atoms with E-state index in [2.05, 4.69) is 47.0 Å². The first-order valence-corrected chi connectivity index (χ1v) is 14.9. The summed E-state index contributed by atoms with van der Waals surface area (Å²) in [5.41, 5.74) is 2.70. The molecule has 6 nitrogen and oxygen atoms in total. The van der Waals surface area contributed by atoms with Crippen molar-refractivity contribution in [1.82, 2.24) is 5.48 Å². The van der Waals surface area contributed by atoms with Crippen LogP contribution in [0.5, 0.6) is 0 Å². The molecule has 0 amide bonds. The molecule has 0 radical (unpaired) electrons. The van der Waals surface area contributed by atoms with Crippen LogP contribution in [-0.2, 0) is 23.8 Å². The molecule has 8 heteroatoms. The van der Waals surface area contributed by atoms with Crippen LogP contribution in [0, 0.1) is 0 Å². The minimum absolute atomic E-state index is 0.255. The fourth-order valence-electron chi connectivity index (χ4n) is 4.24. The largest absolute Gasteiger partial charge is 0.347 e. The van der Waals surface area contributed by atoms with Crippen molar-refractivity contribution in [2.75, 3.05) is 33.0 Å². The van der Waals surface area contributed by atoms with Gasteiger partial charge in [-0.15, -0.1) is 0 Å². The topological polar surface area (TPSA) is 58.2 Å². The summed E-state index contributed by atoms with van der Waals surface area (Å²) in [6.07, 6.45) is 3.53. The van der Waals surface area contributed by atoms with Crippen LogP contribution in [0.4, 0.5) is 0 Å². The van der Waals surface area contributed by atoms with E-state index in [-0.39, 0.29) is 16.9 Å². The zero-order valence-corrected chi connectivity index (χ0v) is 24.6. The van der Waals surface area contributed by atoms with Crippen LogP contribution >= 0.6 is 17.2 Å². The molecule has 0 aromatic carbocycles. The van der Waals surface area contributed by atoms with Gasteiger partial charge in [-0.3, -0.25) is 0 Å². The molecule has 1 N–H and O–H groups in total. The Hall–Kier alpha value is 0.620. The van der Waals surface area contributed by atoms with Gasteiger partial charge in [0, 0.05) is 39.3 Å². The van der Waals surface area contributed by atoms with Gasteiger partial charge in [-0.25, -0.2) is 0 Å². The summed E-state index contributed by atoms with van der Waals surface area (Å²) >= 11 is 0. The van der Waals surface area contributed by atoms with Gasteiger partial charge in [-0.2, -0.15) is 5.48 Å². The average Bonchev–Trinajstić information content (AvgIpc) is 2.77. The normalized spacial score (nSPS) is 17.4. The van der Waals surface area contributed by atoms with Crippen LogP contribution in [0.25, 0.3) is 0 Å². The molecule has 0 saturated carbocycles. The van der Waals surface area contributed by atoms with E-state index in [1.54, 1.807) is 0 Å². The van der Waals surface area contributed by atoms with Crippen molar-refractivity contribution in [2.24, 2.45) is 0 Å². The highest BCUT2D eigenvalue weighted by molar-refractivity contribution is 7.41. The second kappa shape index (κ2) is 17.1. The molecule has 0 spiro atoms. The second-order valence-electron chi connectivity index (χ2n) is 8.02. The van der Waals surface area contributed by atoms with E-state index in [9.17, 15) is 0 Å². The predicted molar refractivity (Wildman–Crippen MR) is 141 cm³/mol. The van der Waals surface area contributed by atoms with Gasteiger partial charge >= 0.3 is 0 Å². The third-order valence-electron chi connectivity index (χ3n) is 6.01. The van der Waals surface area contributed by atoms with Gasteiger partial charge in [0.1, 0.15) is 0 Å². The highest BCUT2D eigenvalue weighted by Gasteiger charge is 2.47. The molecule has 0 aromatic heterocycles. The number of hydrogen-bond donors (Lipinski definition) is 1. The lowest BCUT2D eigenvalue weighted by Gasteiger charge is -2.48. The lowest BCUT2D eigenvalue weighted by Crippen LogP contribution is -2.59. The molecule has 32 heavy (non-hydrogen) atoms. The van der Waals surface area contributed by atoms with E-state index >= 15 is 0 Å². The van der Waals surface area contributed by atoms with Gasteiger partial charge in [0.05, 0.1) is 12.1 Å². The summed E-state index contributed by atoms with van der Waals surface area (Å²) in [4.78, 5) is 6.01. The maximum Gasteiger partial charge on any atom is 0.183 e. The predicted octanol–water partition coefficient (Wildman–Crippen LogP) is 6.47. The summed E-state index contributed by atoms with van der Waals surface area (Å²) in [6, 6.07) is 0. The molecule has 0 heterocycles. The van der Waals surface area contributed by atoms with Crippen molar-refractivity contribution < 1.29 is 23.8 Å². The minimum atomic E-state index is -0.555. The van der Waals surface area contributed by atoms with E-state index in [4.69, 9.17) is 23.8 Å². The molecule has 0 fully saturated rings. The molecular weight excluding hydrogens is 444 g/mol. The highest BCUT2D eigenvalue weighted by atomic mass is 31.1. The van der Waals surface area contributed by atoms with Gasteiger partial charge in [-0.1, -0.05) is 58.7 Å². The zero-order valence-electron chi connectivity index (χ0n) is 22.6. The van der Waals surface area contributed by atoms with Crippen molar-refractivity contribution in [3.05, 3.63) is 0 Å². The summed E-state index contributed by atoms with van der Waals surface area (Å²) in [7, 11) is 0.937. The van der Waals surface area contributed by atoms with Crippen LogP contribution in [0.15, 0.2) is 0 Å². The Morgan fingerprint density at radius 1 is 0.625 bits per heavy atom. The van der Waals surface area contributed by atoms with Gasteiger partial charge in [0.2, 0.25) is 0 Å². The van der Waals surface area contributed by atoms with Crippen molar-refractivity contribution in [3.63, 3.8) is 0 Å². The SMILES string of the molecule is CCCONC(CC)(C(C)PC(CC)(OCC)OCC)C(C)PC(CC)(OCC)OCC. The standard InChI is InChI=1S/C24H53NO5P2/c1-11-19-30-25-22(12-2,20(9)31-23(13-3,26-15-5)27-16-6)21(10)32-24(14-4,28-17-7)29-18-8/h20-21,25,31-32H,11-19H2,1-10H3. The molecule has 0 rings (SSSR count). The summed E-state index contributed by atoms with van der Waals surface area (Å²) in [5, 5.41) is 0. The van der Waals surface area contributed by atoms with Crippen molar-refractivity contribution in [3.8, 4) is 0 Å². The van der Waals surface area contributed by atoms with Crippen molar-refractivity contribution in [1.29, 1.82) is 0 Å². The zero-order chi connectivity index (χ0) is 24.7. The van der Waals surface area contributed by atoms with Crippen LogP contribution in [0.3, 0.4) is 0 Å². The molecule has 0 aromatic rings. The Kier molecular flexibility index (Phi) is 17.4. The number of hydrogen-bond acceptors (Lipinski definition) is 6. The fourth-order valence-corrected chi connectivity index (χ4v) is 8.58. The molecular formula is C24H53NO5P2. The Morgan fingerprint density at radius 3 is 1.25 bits per heavy atom. The molecule has 0 aliphatic rings. The van der Waals surface area contributed by atoms with Crippen LogP contribution in [0.2, 0.25) is 0 Å². The van der Waals surface area contributed by atoms with Crippen LogP contribution < -0.4 is 5.48 Å². The average molecular weight is 498 g/mol. The first kappa shape index (κ1) is 32.6. The first-order chi connectivity index (χ1) is 15.2. The number of nitrogens with one attached hydrogen (secondary N) is 1. The molecule has 0 aliphatic heterocycles. The van der Waals surface area contributed by atoms with E-state index < -0.39 is 11.1 Å². The molecule has 4 unspecified atom stereocenters. The lowest BCUT2D eigenvalue weighted by atomic mass is 9.90. The van der Waals surface area contributed by atoms with Gasteiger partial charge in [0.25, 0.3) is 0 Å². The highest BCUT2D eigenvalue weighted by Crippen LogP contribution is 2.52. The molecule has 194 valence electrons. The third-order valence-corrected chi connectivity index (χ3v) is 10.1. The maximum absolute atomic E-state index is 6.21. The summed E-state index contributed by atoms with van der Waals surface area (Å²) in [5.74, 6) is 0. The number of hydroxylamine groups is 1. The number of ether oxygens (including phenoxy) is 4. The Bertz CT molecular complexity index is 426. The molecule has 4 atom stereocenters. The summed E-state index contributed by atoms with van der Waals surface area (Å²) < 4.78 is 24.8. The van der Waals surface area contributed by atoms with Crippen LogP contribution in [0.1, 0.15) is 94.9 Å². The monoisotopic (exact) mass is 497 g/mol.